The second-order valence-corrected chi connectivity index (χ2v) is 6.43. The number of likely N-dealkylation sites (tertiary alicyclic amines) is 1. The van der Waals surface area contributed by atoms with Gasteiger partial charge in [-0.15, -0.1) is 0 Å². The molecule has 1 aromatic heterocycles. The number of aromatic nitrogens is 1. The fourth-order valence-corrected chi connectivity index (χ4v) is 3.02. The van der Waals surface area contributed by atoms with Gasteiger partial charge in [0.1, 0.15) is 0 Å². The SMILES string of the molecule is CC1CC(C)N(Cc2ccc(CNC3CC3)cn2)C1. The Balaban J connectivity index is 1.53. The van der Waals surface area contributed by atoms with Crippen molar-refractivity contribution in [2.45, 2.75) is 58.3 Å². The maximum Gasteiger partial charge on any atom is 0.0544 e. The highest BCUT2D eigenvalue weighted by Gasteiger charge is 2.26. The molecule has 1 aliphatic heterocycles. The van der Waals surface area contributed by atoms with Gasteiger partial charge >= 0.3 is 0 Å². The molecule has 0 bridgehead atoms. The van der Waals surface area contributed by atoms with Gasteiger partial charge in [0.05, 0.1) is 5.69 Å². The monoisotopic (exact) mass is 259 g/mol. The minimum atomic E-state index is 0.702. The molecule has 1 N–H and O–H groups in total. The summed E-state index contributed by atoms with van der Waals surface area (Å²) < 4.78 is 0. The fourth-order valence-electron chi connectivity index (χ4n) is 3.02. The van der Waals surface area contributed by atoms with Gasteiger partial charge in [0.15, 0.2) is 0 Å². The Bertz CT molecular complexity index is 411. The zero-order valence-electron chi connectivity index (χ0n) is 12.1. The Kier molecular flexibility index (Phi) is 3.85. The zero-order valence-corrected chi connectivity index (χ0v) is 12.1. The molecule has 1 saturated carbocycles. The van der Waals surface area contributed by atoms with E-state index in [1.165, 1.54) is 37.1 Å². The second-order valence-electron chi connectivity index (χ2n) is 6.43. The van der Waals surface area contributed by atoms with Crippen molar-refractivity contribution in [3.8, 4) is 0 Å². The third kappa shape index (κ3) is 3.54. The summed E-state index contributed by atoms with van der Waals surface area (Å²) in [5.74, 6) is 0.831. The molecule has 2 atom stereocenters. The summed E-state index contributed by atoms with van der Waals surface area (Å²) in [6.45, 7) is 7.86. The van der Waals surface area contributed by atoms with Crippen molar-refractivity contribution in [1.82, 2.24) is 15.2 Å². The first-order chi connectivity index (χ1) is 9.20. The topological polar surface area (TPSA) is 28.2 Å². The first-order valence-corrected chi connectivity index (χ1v) is 7.62. The number of hydrogen-bond acceptors (Lipinski definition) is 3. The van der Waals surface area contributed by atoms with E-state index in [4.69, 9.17) is 0 Å². The van der Waals surface area contributed by atoms with Crippen LogP contribution in [-0.2, 0) is 13.1 Å². The van der Waals surface area contributed by atoms with E-state index in [2.05, 4.69) is 41.2 Å². The van der Waals surface area contributed by atoms with E-state index in [1.807, 2.05) is 6.20 Å². The minimum Gasteiger partial charge on any atom is -0.310 e. The van der Waals surface area contributed by atoms with Crippen LogP contribution in [0, 0.1) is 5.92 Å². The molecule has 1 aromatic rings. The number of nitrogens with one attached hydrogen (secondary N) is 1. The molecule has 2 aliphatic rings. The Morgan fingerprint density at radius 3 is 2.74 bits per heavy atom. The Morgan fingerprint density at radius 2 is 2.16 bits per heavy atom. The van der Waals surface area contributed by atoms with E-state index in [-0.39, 0.29) is 0 Å². The molecular formula is C16H25N3. The van der Waals surface area contributed by atoms with Gasteiger partial charge < -0.3 is 5.32 Å². The molecule has 1 saturated heterocycles. The lowest BCUT2D eigenvalue weighted by Crippen LogP contribution is -2.27. The molecule has 3 nitrogen and oxygen atoms in total. The highest BCUT2D eigenvalue weighted by molar-refractivity contribution is 5.14. The predicted molar refractivity (Wildman–Crippen MR) is 77.8 cm³/mol. The normalized spacial score (nSPS) is 27.9. The maximum atomic E-state index is 4.62. The van der Waals surface area contributed by atoms with Crippen molar-refractivity contribution in [2.24, 2.45) is 5.92 Å². The number of nitrogens with zero attached hydrogens (tertiary/aromatic N) is 2. The van der Waals surface area contributed by atoms with Gasteiger partial charge in [0, 0.05) is 37.9 Å². The van der Waals surface area contributed by atoms with E-state index in [1.54, 1.807) is 0 Å². The number of hydrogen-bond donors (Lipinski definition) is 1. The lowest BCUT2D eigenvalue weighted by molar-refractivity contribution is 0.253. The largest absolute Gasteiger partial charge is 0.310 e. The summed E-state index contributed by atoms with van der Waals surface area (Å²) in [5.41, 5.74) is 2.51. The standard InChI is InChI=1S/C16H25N3/c1-12-7-13(2)19(10-12)11-16-4-3-14(9-18-16)8-17-15-5-6-15/h3-4,9,12-13,15,17H,5-8,10-11H2,1-2H3. The third-order valence-electron chi connectivity index (χ3n) is 4.34. The van der Waals surface area contributed by atoms with Crippen molar-refractivity contribution in [3.05, 3.63) is 29.6 Å². The van der Waals surface area contributed by atoms with Crippen LogP contribution in [0.15, 0.2) is 18.3 Å². The highest BCUT2D eigenvalue weighted by Crippen LogP contribution is 2.24. The quantitative estimate of drug-likeness (QED) is 0.881. The van der Waals surface area contributed by atoms with Gasteiger partial charge in [-0.1, -0.05) is 13.0 Å². The van der Waals surface area contributed by atoms with Gasteiger partial charge in [-0.05, 0) is 43.7 Å². The van der Waals surface area contributed by atoms with Crippen LogP contribution in [0.4, 0.5) is 0 Å². The first kappa shape index (κ1) is 13.1. The predicted octanol–water partition coefficient (Wildman–Crippen LogP) is 2.56. The summed E-state index contributed by atoms with van der Waals surface area (Å²) in [7, 11) is 0. The minimum absolute atomic E-state index is 0.702. The molecule has 2 fully saturated rings. The van der Waals surface area contributed by atoms with Crippen LogP contribution in [0.2, 0.25) is 0 Å². The van der Waals surface area contributed by atoms with Crippen molar-refractivity contribution in [1.29, 1.82) is 0 Å². The Hall–Kier alpha value is -0.930. The van der Waals surface area contributed by atoms with E-state index in [0.29, 0.717) is 6.04 Å². The summed E-state index contributed by atoms with van der Waals surface area (Å²) in [4.78, 5) is 7.17. The van der Waals surface area contributed by atoms with Crippen LogP contribution in [0.1, 0.15) is 44.4 Å². The average molecular weight is 259 g/mol. The number of rotatable bonds is 5. The molecule has 104 valence electrons. The summed E-state index contributed by atoms with van der Waals surface area (Å²) in [5, 5.41) is 3.53. The molecule has 0 radical (unpaired) electrons. The maximum absolute atomic E-state index is 4.62. The molecule has 19 heavy (non-hydrogen) atoms. The van der Waals surface area contributed by atoms with E-state index < -0.39 is 0 Å². The van der Waals surface area contributed by atoms with Crippen molar-refractivity contribution in [2.75, 3.05) is 6.54 Å². The van der Waals surface area contributed by atoms with Gasteiger partial charge in [0.25, 0.3) is 0 Å². The zero-order chi connectivity index (χ0) is 13.2. The van der Waals surface area contributed by atoms with Crippen LogP contribution >= 0.6 is 0 Å². The van der Waals surface area contributed by atoms with Crippen LogP contribution in [0.3, 0.4) is 0 Å². The van der Waals surface area contributed by atoms with Crippen molar-refractivity contribution < 1.29 is 0 Å². The third-order valence-corrected chi connectivity index (χ3v) is 4.34. The van der Waals surface area contributed by atoms with E-state index >= 15 is 0 Å². The summed E-state index contributed by atoms with van der Waals surface area (Å²) in [6.07, 6.45) is 6.05. The molecule has 1 aliphatic carbocycles. The first-order valence-electron chi connectivity index (χ1n) is 7.62. The molecule has 0 aromatic carbocycles. The molecular weight excluding hydrogens is 234 g/mol. The van der Waals surface area contributed by atoms with E-state index in [9.17, 15) is 0 Å². The number of pyridine rings is 1. The smallest absolute Gasteiger partial charge is 0.0544 e. The van der Waals surface area contributed by atoms with Gasteiger partial charge in [-0.2, -0.15) is 0 Å². The van der Waals surface area contributed by atoms with Gasteiger partial charge in [-0.3, -0.25) is 9.88 Å². The lowest BCUT2D eigenvalue weighted by atomic mass is 10.1. The van der Waals surface area contributed by atoms with Crippen LogP contribution in [0.25, 0.3) is 0 Å². The molecule has 0 amide bonds. The molecule has 0 spiro atoms. The van der Waals surface area contributed by atoms with E-state index in [0.717, 1.165) is 25.0 Å². The Morgan fingerprint density at radius 1 is 1.32 bits per heavy atom. The Labute approximate surface area is 116 Å². The van der Waals surface area contributed by atoms with Gasteiger partial charge in [-0.25, -0.2) is 0 Å². The highest BCUT2D eigenvalue weighted by atomic mass is 15.2. The second kappa shape index (κ2) is 5.59. The van der Waals surface area contributed by atoms with Crippen molar-refractivity contribution in [3.63, 3.8) is 0 Å². The summed E-state index contributed by atoms with van der Waals surface area (Å²) >= 11 is 0. The lowest BCUT2D eigenvalue weighted by Gasteiger charge is -2.20. The van der Waals surface area contributed by atoms with Crippen LogP contribution < -0.4 is 5.32 Å². The summed E-state index contributed by atoms with van der Waals surface area (Å²) in [6, 6.07) is 5.89. The molecule has 3 heteroatoms. The van der Waals surface area contributed by atoms with Gasteiger partial charge in [0.2, 0.25) is 0 Å². The fraction of sp³-hybridized carbons (Fsp3) is 0.688. The molecule has 3 rings (SSSR count). The van der Waals surface area contributed by atoms with Crippen LogP contribution in [0.5, 0.6) is 0 Å². The van der Waals surface area contributed by atoms with Crippen molar-refractivity contribution >= 4 is 0 Å². The average Bonchev–Trinajstić information content (AvgIpc) is 3.16. The molecule has 2 unspecified atom stereocenters. The molecule has 2 heterocycles. The van der Waals surface area contributed by atoms with Crippen LogP contribution in [-0.4, -0.2) is 28.5 Å².